The number of carbonyl (C=O) groups excluding carboxylic acids is 1. The van der Waals surface area contributed by atoms with E-state index in [4.69, 9.17) is 16.9 Å². The van der Waals surface area contributed by atoms with E-state index in [9.17, 15) is 13.6 Å². The largest absolute Gasteiger partial charge is 0.389 e. The Bertz CT molecular complexity index is 1040. The molecule has 1 aliphatic heterocycles. The van der Waals surface area contributed by atoms with Crippen LogP contribution in [-0.4, -0.2) is 60.1 Å². The van der Waals surface area contributed by atoms with Gasteiger partial charge in [-0.3, -0.25) is 9.79 Å². The lowest BCUT2D eigenvalue weighted by atomic mass is 10.1. The molecule has 0 radical (unpaired) electrons. The second-order valence-electron chi connectivity index (χ2n) is 7.66. The normalized spacial score (nSPS) is 18.2. The molecule has 2 unspecified atom stereocenters. The van der Waals surface area contributed by atoms with Gasteiger partial charge in [0.15, 0.2) is 5.69 Å². The zero-order chi connectivity index (χ0) is 23.4. The Morgan fingerprint density at radius 2 is 2.16 bits per heavy atom. The van der Waals surface area contributed by atoms with Crippen molar-refractivity contribution in [1.29, 1.82) is 5.41 Å². The van der Waals surface area contributed by atoms with Crippen molar-refractivity contribution in [3.8, 4) is 10.6 Å². The molecule has 2 atom stereocenters. The van der Waals surface area contributed by atoms with Crippen LogP contribution < -0.4 is 16.8 Å². The maximum atomic E-state index is 14.5. The number of rotatable bonds is 5. The number of likely N-dealkylation sites (tertiary alicyclic amines) is 1. The van der Waals surface area contributed by atoms with E-state index in [0.29, 0.717) is 12.4 Å². The monoisotopic (exact) mass is 463 g/mol. The van der Waals surface area contributed by atoms with Crippen molar-refractivity contribution in [3.05, 3.63) is 35.0 Å². The fourth-order valence-electron chi connectivity index (χ4n) is 3.67. The highest BCUT2D eigenvalue weighted by Crippen LogP contribution is 2.34. The summed E-state index contributed by atoms with van der Waals surface area (Å²) < 4.78 is 28.8. The molecule has 0 spiro atoms. The maximum Gasteiger partial charge on any atom is 0.273 e. The summed E-state index contributed by atoms with van der Waals surface area (Å²) in [6, 6.07) is 1.78. The molecule has 32 heavy (non-hydrogen) atoms. The Balaban J connectivity index is 1.83. The number of aromatic nitrogens is 1. The summed E-state index contributed by atoms with van der Waals surface area (Å²) in [4.78, 5) is 23.3. The van der Waals surface area contributed by atoms with Gasteiger partial charge in [-0.1, -0.05) is 17.4 Å². The van der Waals surface area contributed by atoms with Crippen molar-refractivity contribution < 1.29 is 13.6 Å². The summed E-state index contributed by atoms with van der Waals surface area (Å²) in [7, 11) is 1.60. The smallest absolute Gasteiger partial charge is 0.273 e. The minimum absolute atomic E-state index is 0.0244. The Hall–Kier alpha value is -2.92. The number of nitrogen functional groups attached to an aromatic ring is 1. The van der Waals surface area contributed by atoms with E-state index in [2.05, 4.69) is 15.3 Å². The lowest BCUT2D eigenvalue weighted by Gasteiger charge is -2.28. The van der Waals surface area contributed by atoms with Crippen LogP contribution in [0.2, 0.25) is 0 Å². The number of benzene rings is 1. The number of halogens is 2. The molecule has 1 fully saturated rings. The first kappa shape index (κ1) is 23.7. The molecule has 1 aromatic heterocycles. The SMILES string of the molecule is CN=C(C(C=N)NC(=O)c1nc(-c2c(F)ccc(C)c2F)sc1N)N1CCCC(N)CC1. The van der Waals surface area contributed by atoms with Crippen molar-refractivity contribution in [2.75, 3.05) is 25.9 Å². The molecule has 11 heteroatoms. The van der Waals surface area contributed by atoms with Gasteiger partial charge in [0.25, 0.3) is 5.91 Å². The number of nitrogens with two attached hydrogens (primary N) is 2. The van der Waals surface area contributed by atoms with Gasteiger partial charge >= 0.3 is 0 Å². The summed E-state index contributed by atoms with van der Waals surface area (Å²) in [6.45, 7) is 2.90. The van der Waals surface area contributed by atoms with Crippen molar-refractivity contribution in [1.82, 2.24) is 15.2 Å². The number of aryl methyl sites for hydroxylation is 1. The Morgan fingerprint density at radius 1 is 1.41 bits per heavy atom. The van der Waals surface area contributed by atoms with Crippen molar-refractivity contribution in [2.24, 2.45) is 10.7 Å². The van der Waals surface area contributed by atoms with E-state index in [1.54, 1.807) is 7.05 Å². The third-order valence-electron chi connectivity index (χ3n) is 5.42. The quantitative estimate of drug-likeness (QED) is 0.399. The molecule has 172 valence electrons. The van der Waals surface area contributed by atoms with Gasteiger partial charge < -0.3 is 27.1 Å². The summed E-state index contributed by atoms with van der Waals surface area (Å²) in [5, 5.41) is 10.5. The number of anilines is 1. The van der Waals surface area contributed by atoms with E-state index in [0.717, 1.165) is 49.4 Å². The summed E-state index contributed by atoms with van der Waals surface area (Å²) >= 11 is 0.827. The minimum atomic E-state index is -0.807. The van der Waals surface area contributed by atoms with E-state index in [-0.39, 0.29) is 32.9 Å². The number of hydrogen-bond acceptors (Lipinski definition) is 7. The lowest BCUT2D eigenvalue weighted by Crippen LogP contribution is -2.50. The lowest BCUT2D eigenvalue weighted by molar-refractivity contribution is 0.0949. The van der Waals surface area contributed by atoms with Crippen LogP contribution in [0.15, 0.2) is 17.1 Å². The Labute approximate surface area is 189 Å². The highest BCUT2D eigenvalue weighted by molar-refractivity contribution is 7.19. The van der Waals surface area contributed by atoms with Gasteiger partial charge in [-0.15, -0.1) is 0 Å². The highest BCUT2D eigenvalue weighted by Gasteiger charge is 2.27. The van der Waals surface area contributed by atoms with Gasteiger partial charge in [-0.2, -0.15) is 0 Å². The van der Waals surface area contributed by atoms with Crippen molar-refractivity contribution >= 4 is 34.3 Å². The standard InChI is InChI=1S/C21H27F2N7OS/c1-11-5-6-13(22)15(16(11)23)21-29-17(18(26)32-21)20(31)28-14(10-24)19(27-2)30-8-3-4-12(25)7-9-30/h5-6,10,12,14,24H,3-4,7-9,25-26H2,1-2H3,(H,28,31). The molecule has 2 aromatic rings. The van der Waals surface area contributed by atoms with Crippen LogP contribution in [0.3, 0.4) is 0 Å². The van der Waals surface area contributed by atoms with Gasteiger partial charge in [-0.05, 0) is 37.8 Å². The van der Waals surface area contributed by atoms with Gasteiger partial charge in [-0.25, -0.2) is 13.8 Å². The molecule has 0 bridgehead atoms. The van der Waals surface area contributed by atoms with Gasteiger partial charge in [0, 0.05) is 32.4 Å². The number of hydrogen-bond donors (Lipinski definition) is 4. The van der Waals surface area contributed by atoms with E-state index in [1.807, 2.05) is 4.90 Å². The number of carbonyl (C=O) groups is 1. The molecular formula is C21H27F2N7OS. The zero-order valence-corrected chi connectivity index (χ0v) is 18.8. The predicted octanol–water partition coefficient (Wildman–Crippen LogP) is 2.57. The number of aliphatic imine (C=N–C) groups is 1. The van der Waals surface area contributed by atoms with Crippen LogP contribution in [0.4, 0.5) is 13.8 Å². The summed E-state index contributed by atoms with van der Waals surface area (Å²) in [5.41, 5.74) is 11.8. The summed E-state index contributed by atoms with van der Waals surface area (Å²) in [6.07, 6.45) is 3.65. The third-order valence-corrected chi connectivity index (χ3v) is 6.33. The molecular weight excluding hydrogens is 436 g/mol. The van der Waals surface area contributed by atoms with Crippen LogP contribution in [-0.2, 0) is 0 Å². The van der Waals surface area contributed by atoms with Gasteiger partial charge in [0.05, 0.1) is 5.56 Å². The van der Waals surface area contributed by atoms with Gasteiger partial charge in [0.2, 0.25) is 0 Å². The van der Waals surface area contributed by atoms with Crippen molar-refractivity contribution in [3.63, 3.8) is 0 Å². The Kier molecular flexibility index (Phi) is 7.52. The number of nitrogens with zero attached hydrogens (tertiary/aromatic N) is 3. The fraction of sp³-hybridized carbons (Fsp3) is 0.429. The average molecular weight is 464 g/mol. The number of amidine groups is 1. The number of thiazole rings is 1. The summed E-state index contributed by atoms with van der Waals surface area (Å²) in [5.74, 6) is -1.65. The topological polar surface area (TPSA) is 133 Å². The molecule has 0 saturated carbocycles. The number of nitrogens with one attached hydrogen (secondary N) is 2. The molecule has 1 aromatic carbocycles. The second kappa shape index (κ2) is 10.1. The van der Waals surface area contributed by atoms with Crippen LogP contribution >= 0.6 is 11.3 Å². The van der Waals surface area contributed by atoms with E-state index in [1.165, 1.54) is 13.0 Å². The van der Waals surface area contributed by atoms with Crippen LogP contribution in [0.1, 0.15) is 35.3 Å². The third kappa shape index (κ3) is 4.94. The second-order valence-corrected chi connectivity index (χ2v) is 8.69. The fourth-order valence-corrected chi connectivity index (χ4v) is 4.54. The first-order valence-electron chi connectivity index (χ1n) is 10.3. The molecule has 1 aliphatic rings. The van der Waals surface area contributed by atoms with E-state index >= 15 is 0 Å². The molecule has 1 amide bonds. The molecule has 0 aliphatic carbocycles. The minimum Gasteiger partial charge on any atom is -0.389 e. The predicted molar refractivity (Wildman–Crippen MR) is 123 cm³/mol. The number of amides is 1. The highest BCUT2D eigenvalue weighted by atomic mass is 32.1. The zero-order valence-electron chi connectivity index (χ0n) is 18.0. The van der Waals surface area contributed by atoms with Crippen LogP contribution in [0.5, 0.6) is 0 Å². The molecule has 1 saturated heterocycles. The van der Waals surface area contributed by atoms with E-state index < -0.39 is 23.6 Å². The first-order valence-corrected chi connectivity index (χ1v) is 11.1. The van der Waals surface area contributed by atoms with Gasteiger partial charge in [0.1, 0.15) is 33.5 Å². The molecule has 6 N–H and O–H groups in total. The molecule has 8 nitrogen and oxygen atoms in total. The Morgan fingerprint density at radius 3 is 2.84 bits per heavy atom. The van der Waals surface area contributed by atoms with Crippen LogP contribution in [0.25, 0.3) is 10.6 Å². The first-order chi connectivity index (χ1) is 15.3. The maximum absolute atomic E-state index is 14.5. The molecule has 3 rings (SSSR count). The van der Waals surface area contributed by atoms with Crippen LogP contribution in [0, 0.1) is 24.0 Å². The van der Waals surface area contributed by atoms with Crippen molar-refractivity contribution in [2.45, 2.75) is 38.3 Å². The average Bonchev–Trinajstić information content (AvgIpc) is 3.01. The molecule has 2 heterocycles.